The molecule has 0 fully saturated rings. The number of carbonyl (C=O) groups is 1. The first-order valence-electron chi connectivity index (χ1n) is 11.0. The van der Waals surface area contributed by atoms with E-state index >= 15 is 0 Å². The van der Waals surface area contributed by atoms with E-state index in [0.29, 0.717) is 25.4 Å². The Labute approximate surface area is 213 Å². The van der Waals surface area contributed by atoms with Gasteiger partial charge in [-0.3, -0.25) is 4.79 Å². The van der Waals surface area contributed by atoms with Crippen molar-refractivity contribution in [3.63, 3.8) is 0 Å². The third kappa shape index (κ3) is 6.89. The summed E-state index contributed by atoms with van der Waals surface area (Å²) in [6.45, 7) is 3.07. The summed E-state index contributed by atoms with van der Waals surface area (Å²) in [5.74, 6) is -1.78. The number of carbonyl (C=O) groups excluding carboxylic acids is 1. The molecule has 1 aromatic heterocycles. The second kappa shape index (κ2) is 11.0. The lowest BCUT2D eigenvalue weighted by molar-refractivity contribution is -0.274. The molecule has 2 heterocycles. The second-order valence-electron chi connectivity index (χ2n) is 7.72. The molecule has 0 amide bonds. The molecule has 3 aromatic rings. The minimum Gasteiger partial charge on any atom is -0.466 e. The molecule has 1 aliphatic heterocycles. The van der Waals surface area contributed by atoms with Crippen molar-refractivity contribution in [1.82, 2.24) is 15.4 Å². The number of fused-ring (bicyclic) bond motifs is 1. The van der Waals surface area contributed by atoms with Crippen molar-refractivity contribution in [2.45, 2.75) is 26.3 Å². The van der Waals surface area contributed by atoms with Crippen LogP contribution in [0.3, 0.4) is 0 Å². The first-order valence-corrected chi connectivity index (χ1v) is 11.4. The Kier molecular flexibility index (Phi) is 7.83. The van der Waals surface area contributed by atoms with Crippen LogP contribution in [0.5, 0.6) is 5.75 Å². The Balaban J connectivity index is 1.43. The number of anilines is 5. The summed E-state index contributed by atoms with van der Waals surface area (Å²) in [6.07, 6.45) is -3.71. The molecule has 14 heteroatoms. The Bertz CT molecular complexity index is 1290. The van der Waals surface area contributed by atoms with Gasteiger partial charge in [-0.25, -0.2) is 14.8 Å². The number of halogens is 5. The number of hydrogen-bond donors (Lipinski definition) is 3. The molecule has 0 spiro atoms. The van der Waals surface area contributed by atoms with E-state index in [2.05, 4.69) is 30.8 Å². The molecule has 4 rings (SSSR count). The quantitative estimate of drug-likeness (QED) is 0.242. The van der Waals surface area contributed by atoms with Gasteiger partial charge < -0.3 is 25.1 Å². The van der Waals surface area contributed by atoms with Crippen LogP contribution < -0.4 is 25.8 Å². The molecule has 0 atom stereocenters. The fourth-order valence-electron chi connectivity index (χ4n) is 3.54. The van der Waals surface area contributed by atoms with Crippen LogP contribution in [0.25, 0.3) is 0 Å². The monoisotopic (exact) mass is 540 g/mol. The van der Waals surface area contributed by atoms with Crippen molar-refractivity contribution in [3.05, 3.63) is 59.0 Å². The van der Waals surface area contributed by atoms with Gasteiger partial charge in [-0.15, -0.1) is 13.2 Å². The number of ether oxygens (including phenoxy) is 2. The van der Waals surface area contributed by atoms with Gasteiger partial charge in [0.05, 0.1) is 29.9 Å². The van der Waals surface area contributed by atoms with Crippen LogP contribution in [0.2, 0.25) is 5.02 Å². The molecule has 0 bridgehead atoms. The van der Waals surface area contributed by atoms with Crippen LogP contribution >= 0.6 is 11.6 Å². The number of nitrogens with one attached hydrogen (secondary N) is 3. The second-order valence-corrected chi connectivity index (χ2v) is 8.13. The fourth-order valence-corrected chi connectivity index (χ4v) is 3.76. The Morgan fingerprint density at radius 3 is 2.68 bits per heavy atom. The summed E-state index contributed by atoms with van der Waals surface area (Å²) >= 11 is 5.85. The predicted molar refractivity (Wildman–Crippen MR) is 129 cm³/mol. The molecule has 0 saturated carbocycles. The number of esters is 1. The minimum atomic E-state index is -4.90. The van der Waals surface area contributed by atoms with Crippen molar-refractivity contribution >= 4 is 46.4 Å². The molecule has 0 radical (unpaired) electrons. The van der Waals surface area contributed by atoms with Gasteiger partial charge in [0.1, 0.15) is 5.75 Å². The van der Waals surface area contributed by atoms with Gasteiger partial charge in [0.15, 0.2) is 11.6 Å². The van der Waals surface area contributed by atoms with Crippen LogP contribution in [0, 0.1) is 5.82 Å². The first-order chi connectivity index (χ1) is 17.6. The largest absolute Gasteiger partial charge is 0.573 e. The molecule has 37 heavy (non-hydrogen) atoms. The fraction of sp³-hybridized carbons (Fsp3) is 0.261. The van der Waals surface area contributed by atoms with E-state index in [1.165, 1.54) is 6.07 Å². The molecule has 0 saturated heterocycles. The third-order valence-electron chi connectivity index (χ3n) is 5.10. The van der Waals surface area contributed by atoms with E-state index in [9.17, 15) is 22.4 Å². The Morgan fingerprint density at radius 1 is 1.19 bits per heavy atom. The average molecular weight is 541 g/mol. The summed E-state index contributed by atoms with van der Waals surface area (Å²) in [6, 6.07) is 8.90. The summed E-state index contributed by atoms with van der Waals surface area (Å²) in [4.78, 5) is 19.7. The van der Waals surface area contributed by atoms with Gasteiger partial charge in [0, 0.05) is 24.5 Å². The molecule has 196 valence electrons. The van der Waals surface area contributed by atoms with E-state index in [1.807, 2.05) is 17.1 Å². The van der Waals surface area contributed by atoms with Gasteiger partial charge in [0.25, 0.3) is 0 Å². The number of nitrogens with zero attached hydrogens (tertiary/aromatic N) is 3. The van der Waals surface area contributed by atoms with Crippen LogP contribution in [-0.2, 0) is 16.1 Å². The van der Waals surface area contributed by atoms with E-state index < -0.39 is 17.9 Å². The highest BCUT2D eigenvalue weighted by atomic mass is 35.5. The summed E-state index contributed by atoms with van der Waals surface area (Å²) < 4.78 is 60.4. The summed E-state index contributed by atoms with van der Waals surface area (Å²) in [5.41, 5.74) is 5.90. The van der Waals surface area contributed by atoms with E-state index in [1.54, 1.807) is 13.0 Å². The highest BCUT2D eigenvalue weighted by molar-refractivity contribution is 6.32. The molecule has 2 aromatic carbocycles. The molecule has 3 N–H and O–H groups in total. The maximum absolute atomic E-state index is 14.3. The summed E-state index contributed by atoms with van der Waals surface area (Å²) in [7, 11) is 0. The van der Waals surface area contributed by atoms with Crippen molar-refractivity contribution in [2.24, 2.45) is 0 Å². The Hall–Kier alpha value is -3.84. The predicted octanol–water partition coefficient (Wildman–Crippen LogP) is 5.43. The van der Waals surface area contributed by atoms with Crippen molar-refractivity contribution in [3.8, 4) is 5.75 Å². The van der Waals surface area contributed by atoms with Crippen LogP contribution in [0.1, 0.15) is 18.9 Å². The van der Waals surface area contributed by atoms with Crippen LogP contribution in [-0.4, -0.2) is 35.5 Å². The molecule has 0 unspecified atom stereocenters. The lowest BCUT2D eigenvalue weighted by Crippen LogP contribution is -2.34. The van der Waals surface area contributed by atoms with Crippen LogP contribution in [0.4, 0.5) is 46.4 Å². The molecular formula is C23H21ClF4N6O3. The number of hydrogen-bond acceptors (Lipinski definition) is 9. The minimum absolute atomic E-state index is 0.0806. The zero-order chi connectivity index (χ0) is 26.6. The number of benzene rings is 2. The van der Waals surface area contributed by atoms with Crippen LogP contribution in [0.15, 0.2) is 42.6 Å². The van der Waals surface area contributed by atoms with Crippen molar-refractivity contribution in [2.75, 3.05) is 28.8 Å². The highest BCUT2D eigenvalue weighted by Gasteiger charge is 2.32. The number of alkyl halides is 3. The highest BCUT2D eigenvalue weighted by Crippen LogP contribution is 2.33. The maximum atomic E-state index is 14.3. The molecule has 9 nitrogen and oxygen atoms in total. The van der Waals surface area contributed by atoms with Gasteiger partial charge >= 0.3 is 12.3 Å². The van der Waals surface area contributed by atoms with Crippen molar-refractivity contribution < 1.29 is 31.8 Å². The maximum Gasteiger partial charge on any atom is 0.573 e. The normalized spacial score (nSPS) is 12.8. The molecular weight excluding hydrogens is 520 g/mol. The zero-order valence-electron chi connectivity index (χ0n) is 19.3. The van der Waals surface area contributed by atoms with E-state index in [0.717, 1.165) is 29.6 Å². The van der Waals surface area contributed by atoms with Gasteiger partial charge in [-0.05, 0) is 48.9 Å². The van der Waals surface area contributed by atoms with Crippen molar-refractivity contribution in [1.29, 1.82) is 0 Å². The third-order valence-corrected chi connectivity index (χ3v) is 5.39. The zero-order valence-corrected chi connectivity index (χ0v) is 20.1. The average Bonchev–Trinajstić information content (AvgIpc) is 3.23. The Morgan fingerprint density at radius 2 is 1.95 bits per heavy atom. The van der Waals surface area contributed by atoms with Gasteiger partial charge in [0.2, 0.25) is 5.95 Å². The smallest absolute Gasteiger partial charge is 0.466 e. The first kappa shape index (κ1) is 26.2. The number of rotatable bonds is 9. The number of aromatic nitrogens is 2. The molecule has 1 aliphatic rings. The van der Waals surface area contributed by atoms with Gasteiger partial charge in [-0.2, -0.15) is 4.98 Å². The summed E-state index contributed by atoms with van der Waals surface area (Å²) in [5, 5.41) is 7.20. The number of hydrazine groups is 1. The molecule has 0 aliphatic carbocycles. The van der Waals surface area contributed by atoms with E-state index in [4.69, 9.17) is 16.3 Å². The topological polar surface area (TPSA) is 101 Å². The lowest BCUT2D eigenvalue weighted by Gasteiger charge is -2.19. The van der Waals surface area contributed by atoms with E-state index in [-0.39, 0.29) is 34.9 Å². The standard InChI is InChI=1S/C23H21ClF4N6O3/c1-2-36-20(35)7-8-34-18-5-3-14(9-13(18)11-30-34)32-22-29-12-17(25)21(33-22)31-15-4-6-19(16(24)10-15)37-23(26,27)28/h3-6,9-10,12,30H,2,7-8,11H2,1H3,(H2,29,31,32,33). The van der Waals surface area contributed by atoms with Gasteiger partial charge in [-0.1, -0.05) is 11.6 Å². The lowest BCUT2D eigenvalue weighted by atomic mass is 10.1. The SMILES string of the molecule is CCOC(=O)CCN1NCc2cc(Nc3ncc(F)c(Nc4ccc(OC(F)(F)F)c(Cl)c4)n3)ccc21.